The minimum absolute atomic E-state index is 0.131. The molecule has 1 aliphatic rings. The zero-order valence-electron chi connectivity index (χ0n) is 27.8. The van der Waals surface area contributed by atoms with Crippen LogP contribution in [0.4, 0.5) is 0 Å². The Bertz CT molecular complexity index is 2740. The molecule has 0 aliphatic carbocycles. The predicted molar refractivity (Wildman–Crippen MR) is 211 cm³/mol. The van der Waals surface area contributed by atoms with Gasteiger partial charge in [-0.25, -0.2) is 4.99 Å². The van der Waals surface area contributed by atoms with Gasteiger partial charge in [-0.15, -0.1) is 0 Å². The molecule has 0 spiro atoms. The Balaban J connectivity index is 1.14. The number of nitrogens with zero attached hydrogens (tertiary/aromatic N) is 1. The lowest BCUT2D eigenvalue weighted by Crippen LogP contribution is -2.45. The Morgan fingerprint density at radius 1 is 0.471 bits per heavy atom. The standard InChI is InChI=1S/C47H33N3O/c1-3-14-33(15-4-1)45-48-46(34-16-5-2-6-17-34)50-47(49-45)39-23-12-24-42-43(39)41-29-40(37-20-9-10-21-38(37)44(41)51-42)32-27-25-31(26-28-32)36-22-11-18-30-13-7-8-19-35(30)36/h1-29,45-46,48H,(H,49,50). The summed E-state index contributed by atoms with van der Waals surface area (Å²) in [6.45, 7) is 0. The Kier molecular flexibility index (Phi) is 7.00. The second-order valence-electron chi connectivity index (χ2n) is 13.2. The van der Waals surface area contributed by atoms with Gasteiger partial charge in [0, 0.05) is 21.7 Å². The molecule has 2 N–H and O–H groups in total. The van der Waals surface area contributed by atoms with Crippen LogP contribution in [0.5, 0.6) is 0 Å². The summed E-state index contributed by atoms with van der Waals surface area (Å²) >= 11 is 0. The van der Waals surface area contributed by atoms with Crippen LogP contribution in [0.1, 0.15) is 29.0 Å². The number of rotatable bonds is 5. The number of nitrogens with one attached hydrogen (secondary N) is 2. The highest BCUT2D eigenvalue weighted by atomic mass is 16.3. The fourth-order valence-electron chi connectivity index (χ4n) is 7.71. The average molecular weight is 656 g/mol. The van der Waals surface area contributed by atoms with Gasteiger partial charge in [-0.2, -0.15) is 0 Å². The van der Waals surface area contributed by atoms with Gasteiger partial charge in [0.05, 0.1) is 0 Å². The fourth-order valence-corrected chi connectivity index (χ4v) is 7.71. The van der Waals surface area contributed by atoms with E-state index in [1.54, 1.807) is 0 Å². The van der Waals surface area contributed by atoms with E-state index in [2.05, 4.69) is 174 Å². The quantitative estimate of drug-likeness (QED) is 0.194. The molecule has 51 heavy (non-hydrogen) atoms. The average Bonchev–Trinajstić information content (AvgIpc) is 3.60. The molecule has 0 fully saturated rings. The van der Waals surface area contributed by atoms with E-state index in [1.807, 2.05) is 12.1 Å². The van der Waals surface area contributed by atoms with E-state index in [9.17, 15) is 0 Å². The molecule has 2 atom stereocenters. The molecule has 1 aromatic heterocycles. The third kappa shape index (κ3) is 5.08. The van der Waals surface area contributed by atoms with Crippen molar-refractivity contribution in [3.05, 3.63) is 193 Å². The summed E-state index contributed by atoms with van der Waals surface area (Å²) in [5.74, 6) is 0.832. The molecule has 4 nitrogen and oxygen atoms in total. The fraction of sp³-hybridized carbons (Fsp3) is 0.0426. The van der Waals surface area contributed by atoms with E-state index in [1.165, 1.54) is 27.5 Å². The third-order valence-corrected chi connectivity index (χ3v) is 10.2. The van der Waals surface area contributed by atoms with Crippen molar-refractivity contribution in [2.75, 3.05) is 0 Å². The highest BCUT2D eigenvalue weighted by Crippen LogP contribution is 2.42. The molecule has 8 aromatic carbocycles. The molecule has 1 aliphatic heterocycles. The highest BCUT2D eigenvalue weighted by molar-refractivity contribution is 6.24. The maximum atomic E-state index is 6.73. The van der Waals surface area contributed by atoms with Gasteiger partial charge < -0.3 is 9.73 Å². The molecule has 0 saturated heterocycles. The molecule has 2 heterocycles. The second-order valence-corrected chi connectivity index (χ2v) is 13.2. The lowest BCUT2D eigenvalue weighted by Gasteiger charge is -2.32. The van der Waals surface area contributed by atoms with Crippen LogP contribution >= 0.6 is 0 Å². The van der Waals surface area contributed by atoms with Crippen LogP contribution in [0.3, 0.4) is 0 Å². The zero-order chi connectivity index (χ0) is 33.7. The number of benzene rings is 8. The Hall–Kier alpha value is -6.49. The first-order chi connectivity index (χ1) is 25.3. The lowest BCUT2D eigenvalue weighted by atomic mass is 9.92. The first-order valence-corrected chi connectivity index (χ1v) is 17.4. The zero-order valence-corrected chi connectivity index (χ0v) is 27.8. The van der Waals surface area contributed by atoms with Crippen molar-refractivity contribution in [1.82, 2.24) is 10.6 Å². The van der Waals surface area contributed by atoms with Gasteiger partial charge in [0.2, 0.25) is 0 Å². The van der Waals surface area contributed by atoms with E-state index in [0.717, 1.165) is 60.8 Å². The normalized spacial score (nSPS) is 16.0. The maximum Gasteiger partial charge on any atom is 0.143 e. The Labute approximate surface area is 295 Å². The van der Waals surface area contributed by atoms with Gasteiger partial charge in [-0.05, 0) is 61.7 Å². The van der Waals surface area contributed by atoms with Gasteiger partial charge in [0.25, 0.3) is 0 Å². The monoisotopic (exact) mass is 655 g/mol. The van der Waals surface area contributed by atoms with Crippen LogP contribution in [0.15, 0.2) is 185 Å². The van der Waals surface area contributed by atoms with Gasteiger partial charge in [-0.1, -0.05) is 164 Å². The van der Waals surface area contributed by atoms with Crippen molar-refractivity contribution in [3.8, 4) is 22.3 Å². The summed E-state index contributed by atoms with van der Waals surface area (Å²) in [5.41, 5.74) is 9.78. The largest absolute Gasteiger partial charge is 0.455 e. The Morgan fingerprint density at radius 2 is 1.08 bits per heavy atom. The molecule has 4 heteroatoms. The summed E-state index contributed by atoms with van der Waals surface area (Å²) in [7, 11) is 0. The number of amidine groups is 1. The molecule has 0 saturated carbocycles. The number of furan rings is 1. The van der Waals surface area contributed by atoms with E-state index in [-0.39, 0.29) is 12.3 Å². The highest BCUT2D eigenvalue weighted by Gasteiger charge is 2.27. The number of hydrogen-bond donors (Lipinski definition) is 2. The van der Waals surface area contributed by atoms with Crippen molar-refractivity contribution >= 4 is 49.3 Å². The van der Waals surface area contributed by atoms with E-state index >= 15 is 0 Å². The molecule has 10 rings (SSSR count). The smallest absolute Gasteiger partial charge is 0.143 e. The summed E-state index contributed by atoms with van der Waals surface area (Å²) in [6, 6.07) is 62.2. The van der Waals surface area contributed by atoms with E-state index < -0.39 is 0 Å². The molecule has 0 radical (unpaired) electrons. The molecule has 9 aromatic rings. The van der Waals surface area contributed by atoms with Gasteiger partial charge in [0.15, 0.2) is 0 Å². The van der Waals surface area contributed by atoms with Crippen molar-refractivity contribution in [2.45, 2.75) is 12.3 Å². The number of fused-ring (bicyclic) bond motifs is 6. The first kappa shape index (κ1) is 29.4. The summed E-state index contributed by atoms with van der Waals surface area (Å²) < 4.78 is 6.73. The van der Waals surface area contributed by atoms with Crippen molar-refractivity contribution in [1.29, 1.82) is 0 Å². The lowest BCUT2D eigenvalue weighted by molar-refractivity contribution is 0.409. The molecule has 242 valence electrons. The summed E-state index contributed by atoms with van der Waals surface area (Å²) in [5, 5.41) is 14.4. The maximum absolute atomic E-state index is 6.73. The van der Waals surface area contributed by atoms with E-state index in [4.69, 9.17) is 9.41 Å². The van der Waals surface area contributed by atoms with Crippen LogP contribution in [0.25, 0.3) is 65.7 Å². The van der Waals surface area contributed by atoms with Crippen LogP contribution in [-0.4, -0.2) is 5.84 Å². The summed E-state index contributed by atoms with van der Waals surface area (Å²) in [4.78, 5) is 5.29. The number of hydrogen-bond acceptors (Lipinski definition) is 4. The van der Waals surface area contributed by atoms with Gasteiger partial charge in [-0.3, -0.25) is 5.32 Å². The third-order valence-electron chi connectivity index (χ3n) is 10.2. The molecule has 2 unspecified atom stereocenters. The summed E-state index contributed by atoms with van der Waals surface area (Å²) in [6.07, 6.45) is -0.355. The van der Waals surface area contributed by atoms with Crippen molar-refractivity contribution in [3.63, 3.8) is 0 Å². The molecular weight excluding hydrogens is 623 g/mol. The van der Waals surface area contributed by atoms with Crippen molar-refractivity contribution < 1.29 is 4.42 Å². The van der Waals surface area contributed by atoms with E-state index in [0.29, 0.717) is 0 Å². The topological polar surface area (TPSA) is 49.6 Å². The first-order valence-electron chi connectivity index (χ1n) is 17.4. The van der Waals surface area contributed by atoms with Crippen LogP contribution < -0.4 is 10.6 Å². The molecule has 0 amide bonds. The Morgan fingerprint density at radius 3 is 1.86 bits per heavy atom. The van der Waals surface area contributed by atoms with Gasteiger partial charge >= 0.3 is 0 Å². The second kappa shape index (κ2) is 12.1. The van der Waals surface area contributed by atoms with Gasteiger partial charge in [0.1, 0.15) is 29.3 Å². The van der Waals surface area contributed by atoms with Crippen molar-refractivity contribution in [2.24, 2.45) is 4.99 Å². The van der Waals surface area contributed by atoms with Crippen LogP contribution in [0, 0.1) is 0 Å². The SMILES string of the molecule is c1ccc(C2N=C(c3cccc4oc5c6ccccc6c(-c6ccc(-c7cccc8ccccc78)cc6)cc5c34)NC(c3ccccc3)N2)cc1. The minimum Gasteiger partial charge on any atom is -0.455 e. The predicted octanol–water partition coefficient (Wildman–Crippen LogP) is 11.6. The van der Waals surface area contributed by atoms with Crippen LogP contribution in [-0.2, 0) is 0 Å². The van der Waals surface area contributed by atoms with Crippen LogP contribution in [0.2, 0.25) is 0 Å². The molecule has 0 bridgehead atoms. The molecular formula is C47H33N3O. The number of aliphatic imine (C=N–C) groups is 1. The minimum atomic E-state index is -0.224.